The van der Waals surface area contributed by atoms with Gasteiger partial charge in [-0.2, -0.15) is 0 Å². The van der Waals surface area contributed by atoms with Crippen LogP contribution in [0.4, 0.5) is 0 Å². The summed E-state index contributed by atoms with van der Waals surface area (Å²) < 4.78 is 4.65. The third kappa shape index (κ3) is 2.61. The van der Waals surface area contributed by atoms with Crippen LogP contribution in [0.15, 0.2) is 22.1 Å². The minimum absolute atomic E-state index is 0.134. The molecule has 0 fully saturated rings. The summed E-state index contributed by atoms with van der Waals surface area (Å²) >= 11 is 6.09. The maximum atomic E-state index is 11.5. The topological polar surface area (TPSA) is 54.9 Å². The monoisotopic (exact) mass is 303 g/mol. The van der Waals surface area contributed by atoms with Gasteiger partial charge < -0.3 is 5.32 Å². The number of carbonyl (C=O) groups excluding carboxylic acids is 1. The van der Waals surface area contributed by atoms with Crippen LogP contribution < -0.4 is 5.32 Å². The first-order valence-electron chi connectivity index (χ1n) is 4.05. The number of aromatic nitrogens is 2. The highest BCUT2D eigenvalue weighted by Crippen LogP contribution is 2.22. The molecule has 0 bridgehead atoms. The predicted molar refractivity (Wildman–Crippen MR) is 63.1 cm³/mol. The zero-order chi connectivity index (χ0) is 10.7. The van der Waals surface area contributed by atoms with Crippen LogP contribution >= 0.6 is 38.8 Å². The molecule has 0 radical (unpaired) electrons. The van der Waals surface area contributed by atoms with Crippen molar-refractivity contribution in [2.75, 3.05) is 0 Å². The molecule has 78 valence electrons. The summed E-state index contributed by atoms with van der Waals surface area (Å²) in [6.07, 6.45) is 1.46. The molecule has 0 spiro atoms. The Hall–Kier alpha value is -0.790. The summed E-state index contributed by atoms with van der Waals surface area (Å²) in [5, 5.41) is 8.38. The van der Waals surface area contributed by atoms with Gasteiger partial charge in [0, 0.05) is 9.35 Å². The normalized spacial score (nSPS) is 10.2. The van der Waals surface area contributed by atoms with Crippen molar-refractivity contribution in [3.8, 4) is 0 Å². The third-order valence-corrected chi connectivity index (χ3v) is 4.28. The molecule has 2 aromatic heterocycles. The molecule has 2 aromatic rings. The van der Waals surface area contributed by atoms with E-state index < -0.39 is 0 Å². The molecular weight excluding hydrogens is 298 g/mol. The van der Waals surface area contributed by atoms with Crippen LogP contribution in [0.25, 0.3) is 0 Å². The van der Waals surface area contributed by atoms with Crippen LogP contribution in [-0.2, 0) is 6.54 Å². The van der Waals surface area contributed by atoms with Crippen molar-refractivity contribution in [2.24, 2.45) is 0 Å². The largest absolute Gasteiger partial charge is 0.346 e. The number of nitrogens with zero attached hydrogens (tertiary/aromatic N) is 2. The lowest BCUT2D eigenvalue weighted by Gasteiger charge is -2.00. The number of nitrogens with one attached hydrogen (secondary N) is 1. The molecule has 0 atom stereocenters. The van der Waals surface area contributed by atoms with Crippen LogP contribution in [0, 0.1) is 0 Å². The van der Waals surface area contributed by atoms with Crippen molar-refractivity contribution in [3.63, 3.8) is 0 Å². The van der Waals surface area contributed by atoms with Crippen LogP contribution in [0.5, 0.6) is 0 Å². The first-order chi connectivity index (χ1) is 7.27. The molecule has 4 nitrogen and oxygen atoms in total. The second-order valence-corrected chi connectivity index (χ2v) is 5.30. The first kappa shape index (κ1) is 10.7. The van der Waals surface area contributed by atoms with Gasteiger partial charge in [-0.1, -0.05) is 4.49 Å². The number of hydrogen-bond donors (Lipinski definition) is 1. The molecule has 0 aromatic carbocycles. The van der Waals surface area contributed by atoms with E-state index in [-0.39, 0.29) is 5.91 Å². The van der Waals surface area contributed by atoms with Gasteiger partial charge in [-0.25, -0.2) is 0 Å². The Morgan fingerprint density at radius 3 is 3.07 bits per heavy atom. The molecule has 0 saturated heterocycles. The number of carbonyl (C=O) groups is 1. The summed E-state index contributed by atoms with van der Waals surface area (Å²) in [6, 6.07) is 1.96. The Kier molecular flexibility index (Phi) is 3.45. The Morgan fingerprint density at radius 2 is 2.47 bits per heavy atom. The van der Waals surface area contributed by atoms with Crippen molar-refractivity contribution in [3.05, 3.63) is 31.9 Å². The average Bonchev–Trinajstić information content (AvgIpc) is 2.85. The number of rotatable bonds is 3. The standard InChI is InChI=1S/C8H6BrN3OS2/c9-5-1-2-14-6(5)3-10-8(13)7-4-11-12-15-7/h1-2,4H,3H2,(H,10,13). The van der Waals surface area contributed by atoms with Gasteiger partial charge in [0.15, 0.2) is 0 Å². The van der Waals surface area contributed by atoms with E-state index in [0.29, 0.717) is 11.4 Å². The average molecular weight is 304 g/mol. The van der Waals surface area contributed by atoms with Gasteiger partial charge in [0.25, 0.3) is 5.91 Å². The van der Waals surface area contributed by atoms with Crippen LogP contribution in [0.2, 0.25) is 0 Å². The second kappa shape index (κ2) is 4.82. The quantitative estimate of drug-likeness (QED) is 0.946. The van der Waals surface area contributed by atoms with Gasteiger partial charge in [0.1, 0.15) is 4.88 Å². The summed E-state index contributed by atoms with van der Waals surface area (Å²) in [5.74, 6) is -0.134. The minimum atomic E-state index is -0.134. The number of hydrogen-bond acceptors (Lipinski definition) is 5. The van der Waals surface area contributed by atoms with E-state index in [0.717, 1.165) is 20.9 Å². The molecule has 0 unspecified atom stereocenters. The van der Waals surface area contributed by atoms with Crippen LogP contribution in [0.1, 0.15) is 14.5 Å². The number of halogens is 1. The second-order valence-electron chi connectivity index (χ2n) is 2.66. The smallest absolute Gasteiger partial charge is 0.264 e. The van der Waals surface area contributed by atoms with Crippen LogP contribution in [0.3, 0.4) is 0 Å². The molecule has 2 heterocycles. The fourth-order valence-corrected chi connectivity index (χ4v) is 2.83. The summed E-state index contributed by atoms with van der Waals surface area (Å²) in [5.41, 5.74) is 0. The maximum absolute atomic E-state index is 11.5. The fourth-order valence-electron chi connectivity index (χ4n) is 0.966. The maximum Gasteiger partial charge on any atom is 0.264 e. The summed E-state index contributed by atoms with van der Waals surface area (Å²) in [7, 11) is 0. The Labute approximate surface area is 103 Å². The van der Waals surface area contributed by atoms with Crippen molar-refractivity contribution in [2.45, 2.75) is 6.54 Å². The Balaban J connectivity index is 1.95. The molecular formula is C8H6BrN3OS2. The zero-order valence-corrected chi connectivity index (χ0v) is 10.7. The van der Waals surface area contributed by atoms with Crippen LogP contribution in [-0.4, -0.2) is 15.5 Å². The molecule has 15 heavy (non-hydrogen) atoms. The number of thiophene rings is 1. The van der Waals surface area contributed by atoms with E-state index >= 15 is 0 Å². The van der Waals surface area contributed by atoms with Crippen molar-refractivity contribution >= 4 is 44.7 Å². The van der Waals surface area contributed by atoms with Crippen molar-refractivity contribution in [1.29, 1.82) is 0 Å². The van der Waals surface area contributed by atoms with E-state index in [9.17, 15) is 4.79 Å². The molecule has 0 aliphatic rings. The van der Waals surface area contributed by atoms with Crippen molar-refractivity contribution < 1.29 is 4.79 Å². The molecule has 0 saturated carbocycles. The van der Waals surface area contributed by atoms with Gasteiger partial charge >= 0.3 is 0 Å². The zero-order valence-electron chi connectivity index (χ0n) is 7.44. The lowest BCUT2D eigenvalue weighted by molar-refractivity contribution is 0.0955. The SMILES string of the molecule is O=C(NCc1sccc1Br)c1cnns1. The predicted octanol–water partition coefficient (Wildman–Crippen LogP) is 2.29. The van der Waals surface area contributed by atoms with Gasteiger partial charge in [0.2, 0.25) is 0 Å². The molecule has 0 aliphatic heterocycles. The minimum Gasteiger partial charge on any atom is -0.346 e. The number of amides is 1. The van der Waals surface area contributed by atoms with Crippen molar-refractivity contribution in [1.82, 2.24) is 14.9 Å². The Morgan fingerprint density at radius 1 is 1.60 bits per heavy atom. The molecule has 7 heteroatoms. The highest BCUT2D eigenvalue weighted by molar-refractivity contribution is 9.10. The lowest BCUT2D eigenvalue weighted by atomic mass is 10.4. The molecule has 0 aliphatic carbocycles. The summed E-state index contributed by atoms with van der Waals surface area (Å²) in [4.78, 5) is 13.1. The molecule has 1 amide bonds. The summed E-state index contributed by atoms with van der Waals surface area (Å²) in [6.45, 7) is 0.523. The van der Waals surface area contributed by atoms with E-state index in [1.807, 2.05) is 11.4 Å². The highest BCUT2D eigenvalue weighted by Gasteiger charge is 2.09. The van der Waals surface area contributed by atoms with E-state index in [1.54, 1.807) is 11.3 Å². The fraction of sp³-hybridized carbons (Fsp3) is 0.125. The van der Waals surface area contributed by atoms with E-state index in [4.69, 9.17) is 0 Å². The first-order valence-corrected chi connectivity index (χ1v) is 6.49. The van der Waals surface area contributed by atoms with Gasteiger partial charge in [-0.05, 0) is 38.9 Å². The van der Waals surface area contributed by atoms with Gasteiger partial charge in [-0.15, -0.1) is 16.4 Å². The van der Waals surface area contributed by atoms with E-state index in [2.05, 4.69) is 30.8 Å². The molecule has 2 rings (SSSR count). The van der Waals surface area contributed by atoms with E-state index in [1.165, 1.54) is 6.20 Å². The lowest BCUT2D eigenvalue weighted by Crippen LogP contribution is -2.21. The third-order valence-electron chi connectivity index (χ3n) is 1.69. The highest BCUT2D eigenvalue weighted by atomic mass is 79.9. The Bertz CT molecular complexity index is 454. The van der Waals surface area contributed by atoms with Gasteiger partial charge in [0.05, 0.1) is 12.7 Å². The van der Waals surface area contributed by atoms with Gasteiger partial charge in [-0.3, -0.25) is 4.79 Å². The molecule has 1 N–H and O–H groups in total.